The standard InChI is InChI=1S/C14H19ClO/c15-13-7-3-4-11(10-13)8-9-14(16)12-5-1-2-6-12/h3-4,7,10,12,14,16H,1-2,5-6,8-9H2. The molecule has 0 aliphatic heterocycles. The van der Waals surface area contributed by atoms with Gasteiger partial charge in [0.25, 0.3) is 0 Å². The summed E-state index contributed by atoms with van der Waals surface area (Å²) >= 11 is 5.92. The molecule has 0 aromatic heterocycles. The largest absolute Gasteiger partial charge is 0.393 e. The minimum absolute atomic E-state index is 0.124. The number of hydrogen-bond acceptors (Lipinski definition) is 1. The Hall–Kier alpha value is -0.530. The van der Waals surface area contributed by atoms with Crippen molar-refractivity contribution in [2.24, 2.45) is 5.92 Å². The topological polar surface area (TPSA) is 20.2 Å². The van der Waals surface area contributed by atoms with Crippen LogP contribution in [0.3, 0.4) is 0 Å². The van der Waals surface area contributed by atoms with E-state index >= 15 is 0 Å². The summed E-state index contributed by atoms with van der Waals surface area (Å²) in [4.78, 5) is 0. The highest BCUT2D eigenvalue weighted by Crippen LogP contribution is 2.29. The van der Waals surface area contributed by atoms with E-state index in [1.807, 2.05) is 18.2 Å². The first-order valence-electron chi connectivity index (χ1n) is 6.18. The van der Waals surface area contributed by atoms with Gasteiger partial charge in [0.2, 0.25) is 0 Å². The Kier molecular flexibility index (Phi) is 4.25. The number of aryl methyl sites for hydroxylation is 1. The molecule has 88 valence electrons. The molecule has 2 heteroatoms. The molecule has 1 fully saturated rings. The molecule has 1 saturated carbocycles. The fourth-order valence-corrected chi connectivity index (χ4v) is 2.80. The molecule has 16 heavy (non-hydrogen) atoms. The number of halogens is 1. The number of hydrogen-bond donors (Lipinski definition) is 1. The summed E-state index contributed by atoms with van der Waals surface area (Å²) in [6.45, 7) is 0. The molecule has 1 aliphatic rings. The molecule has 2 rings (SSSR count). The normalized spacial score (nSPS) is 18.9. The summed E-state index contributed by atoms with van der Waals surface area (Å²) in [5, 5.41) is 10.8. The summed E-state index contributed by atoms with van der Waals surface area (Å²) in [5.74, 6) is 0.541. The zero-order valence-electron chi connectivity index (χ0n) is 9.53. The van der Waals surface area contributed by atoms with Crippen molar-refractivity contribution < 1.29 is 5.11 Å². The Balaban J connectivity index is 1.82. The third kappa shape index (κ3) is 3.23. The number of rotatable bonds is 4. The summed E-state index contributed by atoms with van der Waals surface area (Å²) < 4.78 is 0. The molecular weight excluding hydrogens is 220 g/mol. The lowest BCUT2D eigenvalue weighted by Gasteiger charge is -2.17. The Bertz CT molecular complexity index is 331. The Labute approximate surface area is 102 Å². The summed E-state index contributed by atoms with van der Waals surface area (Å²) in [6.07, 6.45) is 6.66. The molecular formula is C14H19ClO. The maximum atomic E-state index is 10.0. The van der Waals surface area contributed by atoms with Gasteiger partial charge in [-0.2, -0.15) is 0 Å². The van der Waals surface area contributed by atoms with Gasteiger partial charge in [0.1, 0.15) is 0 Å². The van der Waals surface area contributed by atoms with E-state index in [0.717, 1.165) is 17.9 Å². The number of aliphatic hydroxyl groups is 1. The monoisotopic (exact) mass is 238 g/mol. The van der Waals surface area contributed by atoms with Crippen LogP contribution in [0.15, 0.2) is 24.3 Å². The lowest BCUT2D eigenvalue weighted by Crippen LogP contribution is -2.18. The molecule has 1 aromatic rings. The smallest absolute Gasteiger partial charge is 0.0571 e. The first-order chi connectivity index (χ1) is 7.75. The van der Waals surface area contributed by atoms with Crippen molar-refractivity contribution in [3.8, 4) is 0 Å². The van der Waals surface area contributed by atoms with Crippen molar-refractivity contribution in [3.05, 3.63) is 34.9 Å². The van der Waals surface area contributed by atoms with Gasteiger partial charge in [0, 0.05) is 5.02 Å². The van der Waals surface area contributed by atoms with Gasteiger partial charge < -0.3 is 5.11 Å². The summed E-state index contributed by atoms with van der Waals surface area (Å²) in [6, 6.07) is 7.92. The van der Waals surface area contributed by atoms with Crippen LogP contribution < -0.4 is 0 Å². The maximum absolute atomic E-state index is 10.0. The third-order valence-corrected chi connectivity index (χ3v) is 3.80. The zero-order chi connectivity index (χ0) is 11.4. The van der Waals surface area contributed by atoms with E-state index in [2.05, 4.69) is 6.07 Å². The van der Waals surface area contributed by atoms with E-state index in [1.165, 1.54) is 31.2 Å². The minimum atomic E-state index is -0.124. The molecule has 1 unspecified atom stereocenters. The van der Waals surface area contributed by atoms with Crippen molar-refractivity contribution in [3.63, 3.8) is 0 Å². The summed E-state index contributed by atoms with van der Waals surface area (Å²) in [7, 11) is 0. The second kappa shape index (κ2) is 5.70. The van der Waals surface area contributed by atoms with Crippen LogP contribution in [0.25, 0.3) is 0 Å². The van der Waals surface area contributed by atoms with Gasteiger partial charge in [-0.15, -0.1) is 0 Å². The van der Waals surface area contributed by atoms with Crippen molar-refractivity contribution in [2.75, 3.05) is 0 Å². The van der Waals surface area contributed by atoms with Gasteiger partial charge in [-0.25, -0.2) is 0 Å². The third-order valence-electron chi connectivity index (χ3n) is 3.56. The Morgan fingerprint density at radius 3 is 2.75 bits per heavy atom. The minimum Gasteiger partial charge on any atom is -0.393 e. The average molecular weight is 239 g/mol. The van der Waals surface area contributed by atoms with Crippen LogP contribution in [0, 0.1) is 5.92 Å². The molecule has 0 amide bonds. The lowest BCUT2D eigenvalue weighted by atomic mass is 9.95. The highest BCUT2D eigenvalue weighted by Gasteiger charge is 2.22. The van der Waals surface area contributed by atoms with E-state index in [1.54, 1.807) is 0 Å². The van der Waals surface area contributed by atoms with Gasteiger partial charge in [-0.05, 0) is 49.3 Å². The molecule has 0 radical (unpaired) electrons. The molecule has 0 saturated heterocycles. The van der Waals surface area contributed by atoms with E-state index in [9.17, 15) is 5.11 Å². The van der Waals surface area contributed by atoms with Crippen LogP contribution in [0.5, 0.6) is 0 Å². The highest BCUT2D eigenvalue weighted by molar-refractivity contribution is 6.30. The highest BCUT2D eigenvalue weighted by atomic mass is 35.5. The molecule has 1 atom stereocenters. The quantitative estimate of drug-likeness (QED) is 0.846. The predicted octanol–water partition coefficient (Wildman–Crippen LogP) is 3.82. The molecule has 0 spiro atoms. The molecule has 1 aliphatic carbocycles. The van der Waals surface area contributed by atoms with Crippen molar-refractivity contribution in [2.45, 2.75) is 44.6 Å². The average Bonchev–Trinajstić information content (AvgIpc) is 2.79. The molecule has 1 aromatic carbocycles. The van der Waals surface area contributed by atoms with Gasteiger partial charge in [0.05, 0.1) is 6.10 Å². The summed E-state index contributed by atoms with van der Waals surface area (Å²) in [5.41, 5.74) is 1.23. The van der Waals surface area contributed by atoms with Crippen LogP contribution in [-0.2, 0) is 6.42 Å². The van der Waals surface area contributed by atoms with E-state index in [-0.39, 0.29) is 6.10 Å². The molecule has 1 nitrogen and oxygen atoms in total. The molecule has 0 bridgehead atoms. The van der Waals surface area contributed by atoms with Crippen LogP contribution in [-0.4, -0.2) is 11.2 Å². The molecule has 1 N–H and O–H groups in total. The van der Waals surface area contributed by atoms with Gasteiger partial charge in [-0.1, -0.05) is 36.6 Å². The Morgan fingerprint density at radius 2 is 2.06 bits per heavy atom. The van der Waals surface area contributed by atoms with E-state index in [0.29, 0.717) is 5.92 Å². The van der Waals surface area contributed by atoms with Gasteiger partial charge >= 0.3 is 0 Å². The van der Waals surface area contributed by atoms with Crippen molar-refractivity contribution in [1.29, 1.82) is 0 Å². The lowest BCUT2D eigenvalue weighted by molar-refractivity contribution is 0.102. The maximum Gasteiger partial charge on any atom is 0.0571 e. The van der Waals surface area contributed by atoms with Crippen molar-refractivity contribution >= 4 is 11.6 Å². The van der Waals surface area contributed by atoms with Crippen LogP contribution in [0.2, 0.25) is 5.02 Å². The van der Waals surface area contributed by atoms with Crippen LogP contribution in [0.4, 0.5) is 0 Å². The van der Waals surface area contributed by atoms with Crippen LogP contribution in [0.1, 0.15) is 37.7 Å². The fourth-order valence-electron chi connectivity index (χ4n) is 2.58. The molecule has 0 heterocycles. The van der Waals surface area contributed by atoms with Crippen molar-refractivity contribution in [1.82, 2.24) is 0 Å². The number of aliphatic hydroxyl groups excluding tert-OH is 1. The second-order valence-electron chi connectivity index (χ2n) is 4.78. The second-order valence-corrected chi connectivity index (χ2v) is 5.22. The SMILES string of the molecule is OC(CCc1cccc(Cl)c1)C1CCCC1. The first kappa shape index (κ1) is 11.9. The Morgan fingerprint density at radius 1 is 1.31 bits per heavy atom. The van der Waals surface area contributed by atoms with E-state index < -0.39 is 0 Å². The van der Waals surface area contributed by atoms with Gasteiger partial charge in [-0.3, -0.25) is 0 Å². The first-order valence-corrected chi connectivity index (χ1v) is 6.56. The van der Waals surface area contributed by atoms with E-state index in [4.69, 9.17) is 11.6 Å². The zero-order valence-corrected chi connectivity index (χ0v) is 10.3. The number of benzene rings is 1. The predicted molar refractivity (Wildman–Crippen MR) is 67.7 cm³/mol. The van der Waals surface area contributed by atoms with Gasteiger partial charge in [0.15, 0.2) is 0 Å². The van der Waals surface area contributed by atoms with Crippen LogP contribution >= 0.6 is 11.6 Å². The fraction of sp³-hybridized carbons (Fsp3) is 0.571.